The largest absolute Gasteiger partial charge is 0.468 e. The fraction of sp³-hybridized carbons (Fsp3) is 0.100. The highest BCUT2D eigenvalue weighted by molar-refractivity contribution is 6.10. The number of pyridine rings is 1. The second-order valence-electron chi connectivity index (χ2n) is 5.98. The molecular formula is C20H14FN3O5. The molecule has 0 unspecified atom stereocenters. The van der Waals surface area contributed by atoms with Gasteiger partial charge in [0.25, 0.3) is 11.6 Å². The number of carbonyl (C=O) groups excluding carboxylic acids is 2. The van der Waals surface area contributed by atoms with Crippen LogP contribution in [-0.2, 0) is 9.53 Å². The van der Waals surface area contributed by atoms with Crippen LogP contribution in [0.5, 0.6) is 0 Å². The first-order valence-corrected chi connectivity index (χ1v) is 8.52. The van der Waals surface area contributed by atoms with E-state index in [4.69, 9.17) is 8.94 Å². The molecule has 0 saturated carbocycles. The van der Waals surface area contributed by atoms with E-state index in [1.807, 2.05) is 0 Å². The van der Waals surface area contributed by atoms with Gasteiger partial charge in [-0.15, -0.1) is 0 Å². The fourth-order valence-corrected chi connectivity index (χ4v) is 2.84. The average molecular weight is 395 g/mol. The summed E-state index contributed by atoms with van der Waals surface area (Å²) in [6.07, 6.45) is 1.46. The molecule has 1 aromatic carbocycles. The molecule has 0 saturated heterocycles. The lowest BCUT2D eigenvalue weighted by molar-refractivity contribution is -0.139. The molecule has 0 spiro atoms. The Hall–Kier alpha value is -4.01. The van der Waals surface area contributed by atoms with Gasteiger partial charge in [-0.3, -0.25) is 9.59 Å². The van der Waals surface area contributed by atoms with Gasteiger partial charge in [0.1, 0.15) is 23.7 Å². The SMILES string of the molecule is COC(=O)CNC(=O)c1cc(-c2ccco2)nc2onc(-c3ccccc3F)c12. The summed E-state index contributed by atoms with van der Waals surface area (Å²) in [7, 11) is 1.21. The van der Waals surface area contributed by atoms with Crippen molar-refractivity contribution in [3.8, 4) is 22.7 Å². The Morgan fingerprint density at radius 1 is 1.21 bits per heavy atom. The summed E-state index contributed by atoms with van der Waals surface area (Å²) in [4.78, 5) is 28.6. The molecule has 3 aromatic heterocycles. The van der Waals surface area contributed by atoms with Crippen LogP contribution in [0.4, 0.5) is 4.39 Å². The van der Waals surface area contributed by atoms with Gasteiger partial charge in [-0.1, -0.05) is 17.3 Å². The number of amides is 1. The van der Waals surface area contributed by atoms with Crippen LogP contribution in [0, 0.1) is 5.82 Å². The number of halogens is 1. The Bertz CT molecular complexity index is 1200. The Morgan fingerprint density at radius 3 is 2.76 bits per heavy atom. The van der Waals surface area contributed by atoms with Gasteiger partial charge in [0.15, 0.2) is 5.76 Å². The minimum Gasteiger partial charge on any atom is -0.468 e. The number of furan rings is 1. The van der Waals surface area contributed by atoms with Crippen molar-refractivity contribution in [3.63, 3.8) is 0 Å². The number of hydrogen-bond acceptors (Lipinski definition) is 7. The fourth-order valence-electron chi connectivity index (χ4n) is 2.84. The maximum absolute atomic E-state index is 14.3. The summed E-state index contributed by atoms with van der Waals surface area (Å²) >= 11 is 0. The smallest absolute Gasteiger partial charge is 0.325 e. The third-order valence-electron chi connectivity index (χ3n) is 4.21. The number of benzene rings is 1. The highest BCUT2D eigenvalue weighted by Crippen LogP contribution is 2.33. The standard InChI is InChI=1S/C20H14FN3O5/c1-27-16(25)10-22-19(26)12-9-14(15-7-4-8-28-15)23-20-17(12)18(24-29-20)11-5-2-3-6-13(11)21/h2-9H,10H2,1H3,(H,22,26). The molecule has 146 valence electrons. The van der Waals surface area contributed by atoms with E-state index < -0.39 is 17.7 Å². The van der Waals surface area contributed by atoms with Crippen molar-refractivity contribution in [3.05, 3.63) is 60.1 Å². The van der Waals surface area contributed by atoms with Gasteiger partial charge in [0.2, 0.25) is 0 Å². The number of esters is 1. The van der Waals surface area contributed by atoms with Gasteiger partial charge < -0.3 is 19.0 Å². The van der Waals surface area contributed by atoms with E-state index in [9.17, 15) is 14.0 Å². The number of fused-ring (bicyclic) bond motifs is 1. The van der Waals surface area contributed by atoms with E-state index >= 15 is 0 Å². The molecule has 0 atom stereocenters. The van der Waals surface area contributed by atoms with Gasteiger partial charge in [-0.2, -0.15) is 0 Å². The normalized spacial score (nSPS) is 10.8. The van der Waals surface area contributed by atoms with Crippen LogP contribution in [0.25, 0.3) is 33.8 Å². The maximum atomic E-state index is 14.3. The molecule has 8 nitrogen and oxygen atoms in total. The van der Waals surface area contributed by atoms with E-state index in [1.165, 1.54) is 31.6 Å². The molecule has 29 heavy (non-hydrogen) atoms. The maximum Gasteiger partial charge on any atom is 0.325 e. The first kappa shape index (κ1) is 18.4. The molecule has 4 aromatic rings. The summed E-state index contributed by atoms with van der Waals surface area (Å²) in [5, 5.41) is 6.60. The predicted octanol–water partition coefficient (Wildman–Crippen LogP) is 3.19. The minimum absolute atomic E-state index is 0.0281. The number of nitrogens with zero attached hydrogens (tertiary/aromatic N) is 2. The van der Waals surface area contributed by atoms with Gasteiger partial charge >= 0.3 is 5.97 Å². The molecule has 9 heteroatoms. The zero-order valence-electron chi connectivity index (χ0n) is 15.1. The number of nitrogens with one attached hydrogen (secondary N) is 1. The third kappa shape index (κ3) is 3.45. The van der Waals surface area contributed by atoms with Crippen LogP contribution in [0.1, 0.15) is 10.4 Å². The Labute approximate surface area is 163 Å². The molecule has 0 fully saturated rings. The highest BCUT2D eigenvalue weighted by Gasteiger charge is 2.24. The van der Waals surface area contributed by atoms with Gasteiger partial charge in [0, 0.05) is 5.56 Å². The summed E-state index contributed by atoms with van der Waals surface area (Å²) < 4.78 is 29.5. The first-order valence-electron chi connectivity index (χ1n) is 8.52. The summed E-state index contributed by atoms with van der Waals surface area (Å²) in [6.45, 7) is -0.338. The second-order valence-corrected chi connectivity index (χ2v) is 5.98. The number of ether oxygens (including phenoxy) is 1. The zero-order chi connectivity index (χ0) is 20.4. The third-order valence-corrected chi connectivity index (χ3v) is 4.21. The van der Waals surface area contributed by atoms with Crippen LogP contribution in [-0.4, -0.2) is 35.7 Å². The van der Waals surface area contributed by atoms with E-state index in [1.54, 1.807) is 24.3 Å². The minimum atomic E-state index is -0.616. The lowest BCUT2D eigenvalue weighted by Crippen LogP contribution is -2.30. The summed E-state index contributed by atoms with van der Waals surface area (Å²) in [5.74, 6) is -1.34. The summed E-state index contributed by atoms with van der Waals surface area (Å²) in [6, 6.07) is 10.8. The van der Waals surface area contributed by atoms with Crippen molar-refractivity contribution in [2.75, 3.05) is 13.7 Å². The van der Waals surface area contributed by atoms with E-state index in [-0.39, 0.29) is 34.5 Å². The molecule has 0 aliphatic rings. The summed E-state index contributed by atoms with van der Waals surface area (Å²) in [5.41, 5.74) is 0.729. The second kappa shape index (κ2) is 7.55. The molecule has 4 rings (SSSR count). The Morgan fingerprint density at radius 2 is 2.03 bits per heavy atom. The quantitative estimate of drug-likeness (QED) is 0.517. The molecule has 1 N–H and O–H groups in total. The zero-order valence-corrected chi connectivity index (χ0v) is 15.1. The number of aromatic nitrogens is 2. The molecule has 0 radical (unpaired) electrons. The number of rotatable bonds is 5. The van der Waals surface area contributed by atoms with Gasteiger partial charge in [0.05, 0.1) is 24.3 Å². The van der Waals surface area contributed by atoms with E-state index in [0.717, 1.165) is 0 Å². The molecule has 1 amide bonds. The molecular weight excluding hydrogens is 381 g/mol. The lowest BCUT2D eigenvalue weighted by Gasteiger charge is -2.07. The van der Waals surface area contributed by atoms with Crippen molar-refractivity contribution in [1.82, 2.24) is 15.5 Å². The Kier molecular flexibility index (Phi) is 4.78. The van der Waals surface area contributed by atoms with E-state index in [0.29, 0.717) is 11.5 Å². The number of methoxy groups -OCH3 is 1. The van der Waals surface area contributed by atoms with E-state index in [2.05, 4.69) is 20.2 Å². The molecule has 0 aliphatic heterocycles. The van der Waals surface area contributed by atoms with Gasteiger partial charge in [-0.25, -0.2) is 9.37 Å². The number of carbonyl (C=O) groups is 2. The van der Waals surface area contributed by atoms with Crippen molar-refractivity contribution < 1.29 is 27.7 Å². The first-order chi connectivity index (χ1) is 14.1. The molecule has 0 bridgehead atoms. The molecule has 0 aliphatic carbocycles. The van der Waals surface area contributed by atoms with Crippen molar-refractivity contribution in [2.45, 2.75) is 0 Å². The van der Waals surface area contributed by atoms with Crippen LogP contribution in [0.15, 0.2) is 57.7 Å². The average Bonchev–Trinajstić information content (AvgIpc) is 3.41. The monoisotopic (exact) mass is 395 g/mol. The number of hydrogen-bond donors (Lipinski definition) is 1. The van der Waals surface area contributed by atoms with Crippen molar-refractivity contribution >= 4 is 23.0 Å². The van der Waals surface area contributed by atoms with Crippen LogP contribution < -0.4 is 5.32 Å². The van der Waals surface area contributed by atoms with Crippen LogP contribution in [0.3, 0.4) is 0 Å². The van der Waals surface area contributed by atoms with Crippen LogP contribution >= 0.6 is 0 Å². The topological polar surface area (TPSA) is 107 Å². The lowest BCUT2D eigenvalue weighted by atomic mass is 10.0. The van der Waals surface area contributed by atoms with Crippen molar-refractivity contribution in [2.24, 2.45) is 0 Å². The Balaban J connectivity index is 1.89. The van der Waals surface area contributed by atoms with Crippen molar-refractivity contribution in [1.29, 1.82) is 0 Å². The van der Waals surface area contributed by atoms with Gasteiger partial charge in [-0.05, 0) is 30.3 Å². The predicted molar refractivity (Wildman–Crippen MR) is 99.2 cm³/mol. The molecule has 3 heterocycles. The van der Waals surface area contributed by atoms with Crippen LogP contribution in [0.2, 0.25) is 0 Å². The highest BCUT2D eigenvalue weighted by atomic mass is 19.1.